The Kier molecular flexibility index (Phi) is 3.25. The van der Waals surface area contributed by atoms with E-state index >= 15 is 0 Å². The molecule has 0 heterocycles. The van der Waals surface area contributed by atoms with E-state index in [0.717, 1.165) is 16.3 Å². The van der Waals surface area contributed by atoms with E-state index < -0.39 is 4.83 Å². The van der Waals surface area contributed by atoms with Crippen LogP contribution in [0.5, 0.6) is 0 Å². The van der Waals surface area contributed by atoms with Crippen molar-refractivity contribution < 1.29 is 9.53 Å². The van der Waals surface area contributed by atoms with Crippen molar-refractivity contribution in [2.75, 3.05) is 7.11 Å². The summed E-state index contributed by atoms with van der Waals surface area (Å²) < 4.78 is 4.73. The van der Waals surface area contributed by atoms with Crippen LogP contribution in [-0.4, -0.2) is 13.1 Å². The third-order valence-electron chi connectivity index (χ3n) is 2.50. The zero-order chi connectivity index (χ0) is 11.5. The average molecular weight is 279 g/mol. The van der Waals surface area contributed by atoms with Crippen molar-refractivity contribution in [2.45, 2.75) is 4.83 Å². The number of hydrogen-bond donors (Lipinski definition) is 0. The van der Waals surface area contributed by atoms with Crippen LogP contribution in [0.4, 0.5) is 0 Å². The molecular weight excluding hydrogens is 268 g/mol. The van der Waals surface area contributed by atoms with Crippen LogP contribution in [0.1, 0.15) is 10.4 Å². The highest BCUT2D eigenvalue weighted by Gasteiger charge is 2.19. The van der Waals surface area contributed by atoms with Crippen LogP contribution >= 0.6 is 15.9 Å². The molecule has 82 valence electrons. The summed E-state index contributed by atoms with van der Waals surface area (Å²) in [5.74, 6) is -0.281. The predicted octanol–water partition coefficient (Wildman–Crippen LogP) is 3.45. The molecule has 0 saturated carbocycles. The van der Waals surface area contributed by atoms with Gasteiger partial charge in [-0.3, -0.25) is 4.79 Å². The summed E-state index contributed by atoms with van der Waals surface area (Å²) in [5.41, 5.74) is 0.935. The molecule has 0 aromatic heterocycles. The molecule has 0 fully saturated rings. The fourth-order valence-electron chi connectivity index (χ4n) is 1.70. The Morgan fingerprint density at radius 1 is 1.19 bits per heavy atom. The summed E-state index contributed by atoms with van der Waals surface area (Å²) >= 11 is 3.36. The monoisotopic (exact) mass is 278 g/mol. The van der Waals surface area contributed by atoms with Crippen LogP contribution in [0.3, 0.4) is 0 Å². The molecule has 2 rings (SSSR count). The summed E-state index contributed by atoms with van der Waals surface area (Å²) in [6.07, 6.45) is 0. The molecule has 2 aromatic carbocycles. The van der Waals surface area contributed by atoms with Gasteiger partial charge in [0, 0.05) is 0 Å². The van der Waals surface area contributed by atoms with Crippen LogP contribution in [0.2, 0.25) is 0 Å². The highest BCUT2D eigenvalue weighted by Crippen LogP contribution is 2.30. The Balaban J connectivity index is 2.56. The van der Waals surface area contributed by atoms with Gasteiger partial charge in [0.25, 0.3) is 0 Å². The van der Waals surface area contributed by atoms with Gasteiger partial charge in [-0.2, -0.15) is 0 Å². The molecule has 1 atom stereocenters. The molecule has 2 nitrogen and oxygen atoms in total. The highest BCUT2D eigenvalue weighted by atomic mass is 79.9. The van der Waals surface area contributed by atoms with Gasteiger partial charge in [-0.15, -0.1) is 0 Å². The molecule has 0 N–H and O–H groups in total. The van der Waals surface area contributed by atoms with E-state index in [1.165, 1.54) is 7.11 Å². The van der Waals surface area contributed by atoms with Gasteiger partial charge >= 0.3 is 5.97 Å². The summed E-state index contributed by atoms with van der Waals surface area (Å²) in [5, 5.41) is 2.19. The first-order chi connectivity index (χ1) is 7.74. The van der Waals surface area contributed by atoms with Crippen molar-refractivity contribution in [3.8, 4) is 0 Å². The van der Waals surface area contributed by atoms with Gasteiger partial charge in [-0.05, 0) is 16.3 Å². The summed E-state index contributed by atoms with van der Waals surface area (Å²) in [6.45, 7) is 0. The topological polar surface area (TPSA) is 26.3 Å². The molecule has 3 heteroatoms. The Labute approximate surface area is 102 Å². The maximum Gasteiger partial charge on any atom is 0.324 e. The number of benzene rings is 2. The van der Waals surface area contributed by atoms with Crippen LogP contribution in [-0.2, 0) is 9.53 Å². The number of fused-ring (bicyclic) bond motifs is 1. The van der Waals surface area contributed by atoms with E-state index in [-0.39, 0.29) is 5.97 Å². The summed E-state index contributed by atoms with van der Waals surface area (Å²) in [6, 6.07) is 13.9. The summed E-state index contributed by atoms with van der Waals surface area (Å²) in [7, 11) is 1.39. The van der Waals surface area contributed by atoms with Crippen molar-refractivity contribution in [1.29, 1.82) is 0 Å². The van der Waals surface area contributed by atoms with Gasteiger partial charge in [0.05, 0.1) is 7.11 Å². The second kappa shape index (κ2) is 4.66. The van der Waals surface area contributed by atoms with Crippen LogP contribution in [0.15, 0.2) is 42.5 Å². The van der Waals surface area contributed by atoms with E-state index in [9.17, 15) is 4.79 Å². The number of esters is 1. The molecule has 0 bridgehead atoms. The number of ether oxygens (including phenoxy) is 1. The molecule has 16 heavy (non-hydrogen) atoms. The van der Waals surface area contributed by atoms with Gasteiger partial charge in [0.1, 0.15) is 4.83 Å². The molecule has 0 amide bonds. The normalized spacial score (nSPS) is 12.4. The molecule has 0 spiro atoms. The third kappa shape index (κ3) is 1.95. The zero-order valence-corrected chi connectivity index (χ0v) is 10.4. The lowest BCUT2D eigenvalue weighted by Gasteiger charge is -2.10. The van der Waals surface area contributed by atoms with Crippen molar-refractivity contribution in [3.63, 3.8) is 0 Å². The van der Waals surface area contributed by atoms with Gasteiger partial charge in [0.15, 0.2) is 0 Å². The van der Waals surface area contributed by atoms with E-state index in [1.807, 2.05) is 42.5 Å². The van der Waals surface area contributed by atoms with Crippen molar-refractivity contribution in [2.24, 2.45) is 0 Å². The highest BCUT2D eigenvalue weighted by molar-refractivity contribution is 9.09. The van der Waals surface area contributed by atoms with E-state index in [4.69, 9.17) is 4.74 Å². The van der Waals surface area contributed by atoms with E-state index in [0.29, 0.717) is 0 Å². The maximum absolute atomic E-state index is 11.5. The summed E-state index contributed by atoms with van der Waals surface area (Å²) in [4.78, 5) is 11.1. The molecule has 0 aliphatic carbocycles. The lowest BCUT2D eigenvalue weighted by atomic mass is 10.0. The number of methoxy groups -OCH3 is 1. The lowest BCUT2D eigenvalue weighted by Crippen LogP contribution is -2.08. The van der Waals surface area contributed by atoms with E-state index in [2.05, 4.69) is 15.9 Å². The molecule has 0 aliphatic heterocycles. The van der Waals surface area contributed by atoms with Crippen molar-refractivity contribution in [1.82, 2.24) is 0 Å². The Hall–Kier alpha value is -1.35. The number of rotatable bonds is 2. The zero-order valence-electron chi connectivity index (χ0n) is 8.81. The minimum absolute atomic E-state index is 0.281. The fraction of sp³-hybridized carbons (Fsp3) is 0.154. The second-order valence-corrected chi connectivity index (χ2v) is 4.37. The van der Waals surface area contributed by atoms with Crippen LogP contribution < -0.4 is 0 Å². The first kappa shape index (κ1) is 11.1. The second-order valence-electron chi connectivity index (χ2n) is 3.45. The third-order valence-corrected chi connectivity index (χ3v) is 3.37. The SMILES string of the molecule is COC(=O)[C@@H](Br)c1cccc2ccccc12. The molecule has 0 radical (unpaired) electrons. The largest absolute Gasteiger partial charge is 0.468 e. The minimum atomic E-state index is -0.413. The minimum Gasteiger partial charge on any atom is -0.468 e. The van der Waals surface area contributed by atoms with Gasteiger partial charge < -0.3 is 4.74 Å². The number of carbonyl (C=O) groups excluding carboxylic acids is 1. The lowest BCUT2D eigenvalue weighted by molar-refractivity contribution is -0.139. The van der Waals surface area contributed by atoms with Crippen molar-refractivity contribution in [3.05, 3.63) is 48.0 Å². The Morgan fingerprint density at radius 2 is 1.88 bits per heavy atom. The van der Waals surface area contributed by atoms with Gasteiger partial charge in [-0.1, -0.05) is 58.4 Å². The number of carbonyl (C=O) groups is 1. The molecule has 0 unspecified atom stereocenters. The Morgan fingerprint density at radius 3 is 2.62 bits per heavy atom. The van der Waals surface area contributed by atoms with Crippen molar-refractivity contribution >= 4 is 32.7 Å². The average Bonchev–Trinajstić information content (AvgIpc) is 2.36. The number of halogens is 1. The first-order valence-electron chi connectivity index (χ1n) is 4.93. The number of hydrogen-bond acceptors (Lipinski definition) is 2. The smallest absolute Gasteiger partial charge is 0.324 e. The molecule has 2 aromatic rings. The van der Waals surface area contributed by atoms with Crippen LogP contribution in [0.25, 0.3) is 10.8 Å². The maximum atomic E-state index is 11.5. The Bertz CT molecular complexity index is 517. The fourth-order valence-corrected chi connectivity index (χ4v) is 2.29. The van der Waals surface area contributed by atoms with Crippen LogP contribution in [0, 0.1) is 0 Å². The quantitative estimate of drug-likeness (QED) is 0.621. The van der Waals surface area contributed by atoms with Gasteiger partial charge in [0.2, 0.25) is 0 Å². The number of alkyl halides is 1. The van der Waals surface area contributed by atoms with E-state index in [1.54, 1.807) is 0 Å². The molecule has 0 saturated heterocycles. The van der Waals surface area contributed by atoms with Gasteiger partial charge in [-0.25, -0.2) is 0 Å². The predicted molar refractivity (Wildman–Crippen MR) is 67.6 cm³/mol. The first-order valence-corrected chi connectivity index (χ1v) is 5.85. The molecule has 0 aliphatic rings. The standard InChI is InChI=1S/C13H11BrO2/c1-16-13(15)12(14)11-8-4-6-9-5-2-3-7-10(9)11/h2-8,12H,1H3/t12-/m0/s1. The molecular formula is C13H11BrO2.